The number of nitrogens with zero attached hydrogens (tertiary/aromatic N) is 1. The zero-order valence-electron chi connectivity index (χ0n) is 21.9. The van der Waals surface area contributed by atoms with E-state index in [-0.39, 0.29) is 23.3 Å². The first-order chi connectivity index (χ1) is 17.8. The van der Waals surface area contributed by atoms with Gasteiger partial charge >= 0.3 is 6.18 Å². The van der Waals surface area contributed by atoms with Crippen molar-refractivity contribution in [1.82, 2.24) is 10.2 Å². The molecule has 0 spiro atoms. The van der Waals surface area contributed by atoms with Crippen LogP contribution in [-0.4, -0.2) is 37.7 Å². The van der Waals surface area contributed by atoms with Crippen molar-refractivity contribution >= 4 is 24.0 Å². The Morgan fingerprint density at radius 2 is 1.74 bits per heavy atom. The Morgan fingerprint density at radius 1 is 1.00 bits per heavy atom. The van der Waals surface area contributed by atoms with Crippen LogP contribution in [0.2, 0.25) is 5.02 Å². The Labute approximate surface area is 235 Å². The van der Waals surface area contributed by atoms with Crippen molar-refractivity contribution in [3.63, 3.8) is 0 Å². The van der Waals surface area contributed by atoms with Crippen molar-refractivity contribution in [2.45, 2.75) is 45.3 Å². The molecule has 1 atom stereocenters. The lowest BCUT2D eigenvalue weighted by Gasteiger charge is -2.27. The van der Waals surface area contributed by atoms with E-state index in [1.807, 2.05) is 30.3 Å². The number of benzene rings is 3. The average Bonchev–Trinajstić information content (AvgIpc) is 2.88. The maximum absolute atomic E-state index is 13.4. The lowest BCUT2D eigenvalue weighted by Crippen LogP contribution is -2.30. The van der Waals surface area contributed by atoms with E-state index in [9.17, 15) is 13.2 Å². The molecular weight excluding hydrogens is 532 g/mol. The van der Waals surface area contributed by atoms with Gasteiger partial charge in [-0.05, 0) is 66.7 Å². The molecule has 0 heterocycles. The molecule has 0 aliphatic rings. The molecule has 0 aliphatic heterocycles. The number of likely N-dealkylation sites (N-methyl/N-ethyl adjacent to an activating group) is 1. The number of hydrogen-bond donors (Lipinski definition) is 1. The van der Waals surface area contributed by atoms with Crippen LogP contribution in [-0.2, 0) is 19.1 Å². The standard InChI is InChI=1S/C30H36ClF3N2O.ClH/c1-3-35-17-16-24-10-7-14-27(20-24)37-19-9-18-36(21-23(2)25-11-5-4-6-12-25)22-26-13-8-15-28(29(26)31)30(32,33)34;/h4-8,10-15,20,23,35H,3,9,16-19,21-22H2,1-2H3;1H. The van der Waals surface area contributed by atoms with Crippen LogP contribution in [0.25, 0.3) is 0 Å². The molecule has 8 heteroatoms. The lowest BCUT2D eigenvalue weighted by molar-refractivity contribution is -0.137. The fourth-order valence-corrected chi connectivity index (χ4v) is 4.64. The minimum atomic E-state index is -4.48. The second-order valence-electron chi connectivity index (χ2n) is 9.28. The van der Waals surface area contributed by atoms with E-state index < -0.39 is 11.7 Å². The van der Waals surface area contributed by atoms with Crippen molar-refractivity contribution in [1.29, 1.82) is 0 Å². The van der Waals surface area contributed by atoms with Gasteiger partial charge in [0.15, 0.2) is 0 Å². The Bertz CT molecular complexity index is 1100. The largest absolute Gasteiger partial charge is 0.494 e. The summed E-state index contributed by atoms with van der Waals surface area (Å²) in [5.41, 5.74) is 2.09. The van der Waals surface area contributed by atoms with Gasteiger partial charge in [-0.25, -0.2) is 0 Å². The highest BCUT2D eigenvalue weighted by Gasteiger charge is 2.34. The highest BCUT2D eigenvalue weighted by Crippen LogP contribution is 2.36. The molecule has 38 heavy (non-hydrogen) atoms. The summed E-state index contributed by atoms with van der Waals surface area (Å²) in [6.07, 6.45) is -2.81. The first kappa shape index (κ1) is 32.0. The summed E-state index contributed by atoms with van der Waals surface area (Å²) in [6, 6.07) is 22.4. The molecule has 208 valence electrons. The molecule has 0 aliphatic carbocycles. The smallest absolute Gasteiger partial charge is 0.417 e. The molecule has 3 rings (SSSR count). The summed E-state index contributed by atoms with van der Waals surface area (Å²) in [4.78, 5) is 2.16. The zero-order chi connectivity index (χ0) is 26.7. The van der Waals surface area contributed by atoms with Crippen LogP contribution in [0, 0.1) is 0 Å². The van der Waals surface area contributed by atoms with Crippen molar-refractivity contribution in [2.24, 2.45) is 0 Å². The summed E-state index contributed by atoms with van der Waals surface area (Å²) in [5, 5.41) is 3.10. The Hall–Kier alpha value is -2.25. The molecule has 3 aromatic rings. The van der Waals surface area contributed by atoms with Crippen molar-refractivity contribution in [3.05, 3.63) is 100 Å². The molecule has 1 unspecified atom stereocenters. The van der Waals surface area contributed by atoms with E-state index >= 15 is 0 Å². The minimum Gasteiger partial charge on any atom is -0.494 e. The Balaban J connectivity index is 0.00000507. The van der Waals surface area contributed by atoms with Crippen molar-refractivity contribution in [2.75, 3.05) is 32.8 Å². The number of halogens is 5. The summed E-state index contributed by atoms with van der Waals surface area (Å²) >= 11 is 6.22. The van der Waals surface area contributed by atoms with Crippen LogP contribution >= 0.6 is 24.0 Å². The SMILES string of the molecule is CCNCCc1cccc(OCCCN(Cc2cccc(C(F)(F)F)c2Cl)CC(C)c2ccccc2)c1.Cl. The van der Waals surface area contributed by atoms with Crippen LogP contribution in [0.3, 0.4) is 0 Å². The van der Waals surface area contributed by atoms with E-state index in [0.717, 1.165) is 37.7 Å². The van der Waals surface area contributed by atoms with Gasteiger partial charge in [0.1, 0.15) is 5.75 Å². The topological polar surface area (TPSA) is 24.5 Å². The van der Waals surface area contributed by atoms with Gasteiger partial charge in [0.2, 0.25) is 0 Å². The van der Waals surface area contributed by atoms with Crippen LogP contribution < -0.4 is 10.1 Å². The fraction of sp³-hybridized carbons (Fsp3) is 0.400. The van der Waals surface area contributed by atoms with Crippen LogP contribution in [0.1, 0.15) is 48.4 Å². The maximum Gasteiger partial charge on any atom is 0.417 e. The number of alkyl halides is 3. The summed E-state index contributed by atoms with van der Waals surface area (Å²) in [7, 11) is 0. The number of rotatable bonds is 14. The molecule has 0 saturated heterocycles. The third kappa shape index (κ3) is 10.1. The number of ether oxygens (including phenoxy) is 1. The summed E-state index contributed by atoms with van der Waals surface area (Å²) < 4.78 is 46.2. The van der Waals surface area contributed by atoms with Crippen LogP contribution in [0.4, 0.5) is 13.2 Å². The van der Waals surface area contributed by atoms with E-state index in [1.54, 1.807) is 6.07 Å². The van der Waals surface area contributed by atoms with Gasteiger partial charge in [0, 0.05) is 19.6 Å². The fourth-order valence-electron chi connectivity index (χ4n) is 4.35. The molecule has 0 saturated carbocycles. The summed E-state index contributed by atoms with van der Waals surface area (Å²) in [5.74, 6) is 1.04. The van der Waals surface area contributed by atoms with Crippen molar-refractivity contribution < 1.29 is 17.9 Å². The first-order valence-corrected chi connectivity index (χ1v) is 13.2. The van der Waals surface area contributed by atoms with Gasteiger partial charge in [-0.2, -0.15) is 13.2 Å². The number of hydrogen-bond acceptors (Lipinski definition) is 3. The summed E-state index contributed by atoms with van der Waals surface area (Å²) in [6.45, 7) is 8.30. The van der Waals surface area contributed by atoms with E-state index in [0.29, 0.717) is 31.8 Å². The molecule has 3 aromatic carbocycles. The molecule has 0 aromatic heterocycles. The molecule has 1 N–H and O–H groups in total. The molecule has 0 amide bonds. The van der Waals surface area contributed by atoms with Gasteiger partial charge in [0.25, 0.3) is 0 Å². The van der Waals surface area contributed by atoms with Gasteiger partial charge in [-0.3, -0.25) is 4.90 Å². The van der Waals surface area contributed by atoms with Crippen LogP contribution in [0.15, 0.2) is 72.8 Å². The minimum absolute atomic E-state index is 0. The first-order valence-electron chi connectivity index (χ1n) is 12.8. The predicted molar refractivity (Wildman–Crippen MR) is 153 cm³/mol. The quantitative estimate of drug-likeness (QED) is 0.199. The van der Waals surface area contributed by atoms with Crippen LogP contribution in [0.5, 0.6) is 5.75 Å². The van der Waals surface area contributed by atoms with Gasteiger partial charge in [-0.1, -0.05) is 80.0 Å². The van der Waals surface area contributed by atoms with Gasteiger partial charge in [0.05, 0.1) is 17.2 Å². The van der Waals surface area contributed by atoms with Gasteiger partial charge < -0.3 is 10.1 Å². The lowest BCUT2D eigenvalue weighted by atomic mass is 10.00. The zero-order valence-corrected chi connectivity index (χ0v) is 23.5. The number of nitrogens with one attached hydrogen (secondary N) is 1. The highest BCUT2D eigenvalue weighted by molar-refractivity contribution is 6.32. The Kier molecular flexibility index (Phi) is 13.5. The Morgan fingerprint density at radius 3 is 2.45 bits per heavy atom. The molecular formula is C30H37Cl2F3N2O. The third-order valence-electron chi connectivity index (χ3n) is 6.31. The van der Waals surface area contributed by atoms with Gasteiger partial charge in [-0.15, -0.1) is 12.4 Å². The molecule has 3 nitrogen and oxygen atoms in total. The molecule has 0 fully saturated rings. The van der Waals surface area contributed by atoms with Crippen molar-refractivity contribution in [3.8, 4) is 5.75 Å². The molecule has 0 bridgehead atoms. The molecule has 0 radical (unpaired) electrons. The third-order valence-corrected chi connectivity index (χ3v) is 6.75. The van der Waals surface area contributed by atoms with E-state index in [1.165, 1.54) is 17.2 Å². The second-order valence-corrected chi connectivity index (χ2v) is 9.65. The normalized spacial score (nSPS) is 12.3. The monoisotopic (exact) mass is 568 g/mol. The second kappa shape index (κ2) is 16.0. The average molecular weight is 570 g/mol. The van der Waals surface area contributed by atoms with E-state index in [2.05, 4.69) is 48.3 Å². The predicted octanol–water partition coefficient (Wildman–Crippen LogP) is 8.01. The maximum atomic E-state index is 13.4. The highest BCUT2D eigenvalue weighted by atomic mass is 35.5. The van der Waals surface area contributed by atoms with E-state index in [4.69, 9.17) is 16.3 Å².